The average molecular weight is 296 g/mol. The molecule has 1 unspecified atom stereocenters. The van der Waals surface area contributed by atoms with Crippen LogP contribution in [-0.2, 0) is 0 Å². The van der Waals surface area contributed by atoms with E-state index in [1.54, 1.807) is 0 Å². The van der Waals surface area contributed by atoms with E-state index in [0.717, 1.165) is 10.9 Å². The van der Waals surface area contributed by atoms with E-state index in [4.69, 9.17) is 5.11 Å². The van der Waals surface area contributed by atoms with Gasteiger partial charge in [0.25, 0.3) is 5.69 Å². The van der Waals surface area contributed by atoms with Crippen molar-refractivity contribution in [3.8, 4) is 0 Å². The molecule has 0 saturated heterocycles. The van der Waals surface area contributed by atoms with Crippen LogP contribution >= 0.6 is 11.3 Å². The van der Waals surface area contributed by atoms with Crippen LogP contribution in [0.25, 0.3) is 0 Å². The number of nitrogens with one attached hydrogen (secondary N) is 1. The fourth-order valence-corrected chi connectivity index (χ4v) is 2.68. The van der Waals surface area contributed by atoms with E-state index in [1.165, 1.54) is 23.5 Å². The highest BCUT2D eigenvalue weighted by Gasteiger charge is 2.19. The maximum absolute atomic E-state index is 13.1. The summed E-state index contributed by atoms with van der Waals surface area (Å²) in [6, 6.07) is 6.89. The number of thiophene rings is 1. The van der Waals surface area contributed by atoms with Gasteiger partial charge in [0.2, 0.25) is 0 Å². The Morgan fingerprint density at radius 1 is 1.45 bits per heavy atom. The molecule has 2 aromatic rings. The Bertz CT molecular complexity index is 589. The largest absolute Gasteiger partial charge is 0.396 e. The molecule has 1 aromatic carbocycles. The maximum Gasteiger partial charge on any atom is 0.295 e. The van der Waals surface area contributed by atoms with Gasteiger partial charge < -0.3 is 10.4 Å². The molecule has 2 N–H and O–H groups in total. The van der Waals surface area contributed by atoms with Gasteiger partial charge in [-0.2, -0.15) is 0 Å². The van der Waals surface area contributed by atoms with Crippen molar-refractivity contribution < 1.29 is 14.4 Å². The first-order valence-electron chi connectivity index (χ1n) is 5.96. The Morgan fingerprint density at radius 3 is 2.85 bits per heavy atom. The summed E-state index contributed by atoms with van der Waals surface area (Å²) in [6.45, 7) is -0.0510. The van der Waals surface area contributed by atoms with Crippen LogP contribution in [-0.4, -0.2) is 16.6 Å². The Morgan fingerprint density at radius 2 is 2.25 bits per heavy atom. The summed E-state index contributed by atoms with van der Waals surface area (Å²) in [7, 11) is 0. The van der Waals surface area contributed by atoms with Crippen molar-refractivity contribution in [3.05, 3.63) is 56.5 Å². The highest BCUT2D eigenvalue weighted by molar-refractivity contribution is 7.10. The third-order valence-corrected chi connectivity index (χ3v) is 3.78. The molecular formula is C13H13FN2O3S. The smallest absolute Gasteiger partial charge is 0.295 e. The van der Waals surface area contributed by atoms with Crippen LogP contribution in [0.2, 0.25) is 0 Å². The van der Waals surface area contributed by atoms with Crippen molar-refractivity contribution in [2.45, 2.75) is 12.5 Å². The molecule has 1 heterocycles. The molecular weight excluding hydrogens is 283 g/mol. The number of aliphatic hydroxyl groups is 1. The maximum atomic E-state index is 13.1. The SMILES string of the molecule is O=[N+]([O-])c1cc(F)ccc1NC(CCO)c1cccs1. The van der Waals surface area contributed by atoms with Crippen LogP contribution in [0.5, 0.6) is 0 Å². The molecule has 5 nitrogen and oxygen atoms in total. The van der Waals surface area contributed by atoms with Gasteiger partial charge in [0.05, 0.1) is 17.0 Å². The average Bonchev–Trinajstić information content (AvgIpc) is 2.93. The summed E-state index contributed by atoms with van der Waals surface area (Å²) >= 11 is 1.49. The molecule has 2 rings (SSSR count). The minimum absolute atomic E-state index is 0.0510. The van der Waals surface area contributed by atoms with Gasteiger partial charge in [0, 0.05) is 11.5 Å². The molecule has 0 aliphatic heterocycles. The summed E-state index contributed by atoms with van der Waals surface area (Å²) in [5, 5.41) is 24.9. The number of benzene rings is 1. The first-order valence-corrected chi connectivity index (χ1v) is 6.84. The quantitative estimate of drug-likeness (QED) is 0.633. The molecule has 0 amide bonds. The van der Waals surface area contributed by atoms with Gasteiger partial charge in [0.15, 0.2) is 0 Å². The topological polar surface area (TPSA) is 75.4 Å². The number of halogens is 1. The predicted molar refractivity (Wildman–Crippen MR) is 75.4 cm³/mol. The van der Waals surface area contributed by atoms with Crippen molar-refractivity contribution in [3.63, 3.8) is 0 Å². The van der Waals surface area contributed by atoms with Crippen molar-refractivity contribution in [1.82, 2.24) is 0 Å². The number of rotatable bonds is 6. The van der Waals surface area contributed by atoms with Gasteiger partial charge in [-0.25, -0.2) is 4.39 Å². The Balaban J connectivity index is 2.29. The zero-order chi connectivity index (χ0) is 14.5. The number of hydrogen-bond acceptors (Lipinski definition) is 5. The highest BCUT2D eigenvalue weighted by Crippen LogP contribution is 2.31. The number of anilines is 1. The van der Waals surface area contributed by atoms with Gasteiger partial charge in [0.1, 0.15) is 11.5 Å². The van der Waals surface area contributed by atoms with Crippen molar-refractivity contribution in [1.29, 1.82) is 0 Å². The van der Waals surface area contributed by atoms with Gasteiger partial charge in [-0.15, -0.1) is 11.3 Å². The van der Waals surface area contributed by atoms with Gasteiger partial charge >= 0.3 is 0 Å². The van der Waals surface area contributed by atoms with Crippen LogP contribution in [0.15, 0.2) is 35.7 Å². The lowest BCUT2D eigenvalue weighted by Crippen LogP contribution is -2.12. The van der Waals surface area contributed by atoms with E-state index in [0.29, 0.717) is 6.42 Å². The third kappa shape index (κ3) is 3.31. The van der Waals surface area contributed by atoms with E-state index in [9.17, 15) is 14.5 Å². The normalized spacial score (nSPS) is 12.1. The number of aliphatic hydroxyl groups excluding tert-OH is 1. The molecule has 0 spiro atoms. The molecule has 0 radical (unpaired) electrons. The van der Waals surface area contributed by atoms with E-state index in [-0.39, 0.29) is 24.0 Å². The van der Waals surface area contributed by atoms with Crippen molar-refractivity contribution >= 4 is 22.7 Å². The lowest BCUT2D eigenvalue weighted by Gasteiger charge is -2.17. The second kappa shape index (κ2) is 6.44. The number of hydrogen-bond donors (Lipinski definition) is 2. The standard InChI is InChI=1S/C13H13FN2O3S/c14-9-3-4-10(12(8-9)16(18)19)15-11(5-6-17)13-2-1-7-20-13/h1-4,7-8,11,15,17H,5-6H2. The molecule has 1 aromatic heterocycles. The highest BCUT2D eigenvalue weighted by atomic mass is 32.1. The lowest BCUT2D eigenvalue weighted by molar-refractivity contribution is -0.384. The number of nitrogens with zero attached hydrogens (tertiary/aromatic N) is 1. The van der Waals surface area contributed by atoms with Crippen LogP contribution < -0.4 is 5.32 Å². The van der Waals surface area contributed by atoms with Gasteiger partial charge in [-0.05, 0) is 30.0 Å². The van der Waals surface area contributed by atoms with Crippen molar-refractivity contribution in [2.75, 3.05) is 11.9 Å². The summed E-state index contributed by atoms with van der Waals surface area (Å²) in [5.41, 5.74) is -0.0762. The van der Waals surface area contributed by atoms with E-state index in [2.05, 4.69) is 5.32 Å². The van der Waals surface area contributed by atoms with Crippen LogP contribution in [0.4, 0.5) is 15.8 Å². The molecule has 0 aliphatic carbocycles. The Labute approximate surface area is 118 Å². The molecule has 0 aliphatic rings. The molecule has 0 saturated carbocycles. The minimum Gasteiger partial charge on any atom is -0.396 e. The van der Waals surface area contributed by atoms with Crippen LogP contribution in [0, 0.1) is 15.9 Å². The molecule has 1 atom stereocenters. The first kappa shape index (κ1) is 14.4. The Hall–Kier alpha value is -1.99. The predicted octanol–water partition coefficient (Wildman–Crippen LogP) is 3.33. The second-order valence-electron chi connectivity index (χ2n) is 4.14. The Kier molecular flexibility index (Phi) is 4.65. The van der Waals surface area contributed by atoms with E-state index >= 15 is 0 Å². The van der Waals surface area contributed by atoms with Crippen molar-refractivity contribution in [2.24, 2.45) is 0 Å². The fourth-order valence-electron chi connectivity index (χ4n) is 1.87. The molecule has 106 valence electrons. The van der Waals surface area contributed by atoms with Gasteiger partial charge in [-0.1, -0.05) is 6.07 Å². The zero-order valence-corrected chi connectivity index (χ0v) is 11.3. The molecule has 7 heteroatoms. The summed E-state index contributed by atoms with van der Waals surface area (Å²) in [4.78, 5) is 11.3. The zero-order valence-electron chi connectivity index (χ0n) is 10.5. The van der Waals surface area contributed by atoms with E-state index < -0.39 is 10.7 Å². The van der Waals surface area contributed by atoms with E-state index in [1.807, 2.05) is 17.5 Å². The number of nitro groups is 1. The van der Waals surface area contributed by atoms with Gasteiger partial charge in [-0.3, -0.25) is 10.1 Å². The van der Waals surface area contributed by atoms with Crippen LogP contribution in [0.1, 0.15) is 17.3 Å². The lowest BCUT2D eigenvalue weighted by atomic mass is 10.1. The summed E-state index contributed by atoms with van der Waals surface area (Å²) < 4.78 is 13.1. The summed E-state index contributed by atoms with van der Waals surface area (Å²) in [5.74, 6) is -0.655. The molecule has 20 heavy (non-hydrogen) atoms. The second-order valence-corrected chi connectivity index (χ2v) is 5.12. The number of nitro benzene ring substituents is 1. The van der Waals surface area contributed by atoms with Crippen LogP contribution in [0.3, 0.4) is 0 Å². The summed E-state index contributed by atoms with van der Waals surface area (Å²) in [6.07, 6.45) is 0.412. The molecule has 0 bridgehead atoms. The first-order chi connectivity index (χ1) is 9.61. The monoisotopic (exact) mass is 296 g/mol. The fraction of sp³-hybridized carbons (Fsp3) is 0.231. The third-order valence-electron chi connectivity index (χ3n) is 2.79. The molecule has 0 fully saturated rings. The minimum atomic E-state index is -0.655.